The van der Waals surface area contributed by atoms with Gasteiger partial charge in [-0.2, -0.15) is 5.10 Å². The van der Waals surface area contributed by atoms with E-state index in [0.29, 0.717) is 0 Å². The first-order valence-corrected chi connectivity index (χ1v) is 11.8. The molecule has 32 heavy (non-hydrogen) atoms. The molecule has 0 aliphatic heterocycles. The molecule has 4 aromatic rings. The van der Waals surface area contributed by atoms with Gasteiger partial charge in [-0.05, 0) is 56.2 Å². The van der Waals surface area contributed by atoms with Crippen LogP contribution in [0.1, 0.15) is 25.0 Å². The molecule has 3 aromatic carbocycles. The molecule has 0 aliphatic carbocycles. The third kappa shape index (κ3) is 4.89. The van der Waals surface area contributed by atoms with Gasteiger partial charge >= 0.3 is 0 Å². The van der Waals surface area contributed by atoms with Gasteiger partial charge in [-0.1, -0.05) is 60.2 Å². The lowest BCUT2D eigenvalue weighted by atomic mass is 10.1. The highest BCUT2D eigenvalue weighted by atomic mass is 32.1. The summed E-state index contributed by atoms with van der Waals surface area (Å²) in [5.41, 5.74) is 6.83. The summed E-state index contributed by atoms with van der Waals surface area (Å²) < 4.78 is 2.17. The van der Waals surface area contributed by atoms with Crippen molar-refractivity contribution in [2.45, 2.75) is 20.8 Å². The molecule has 0 unspecified atom stereocenters. The van der Waals surface area contributed by atoms with E-state index in [-0.39, 0.29) is 0 Å². The minimum absolute atomic E-state index is 0.837. The Hall–Kier alpha value is -3.44. The standard InChI is InChI=1S/C27H28N4S/c1-4-30(5-2)24-17-13-22(14-18-24)19-28-29-27-31(25-15-11-21(3)12-16-25)26(20-32-27)23-9-7-6-8-10-23/h6-20H,4-5H2,1-3H3/b28-19+,29-27-. The molecule has 0 spiro atoms. The van der Waals surface area contributed by atoms with Gasteiger partial charge in [-0.3, -0.25) is 4.57 Å². The van der Waals surface area contributed by atoms with Gasteiger partial charge in [0.25, 0.3) is 0 Å². The predicted octanol–water partition coefficient (Wildman–Crippen LogP) is 6.30. The monoisotopic (exact) mass is 440 g/mol. The Morgan fingerprint density at radius 1 is 0.875 bits per heavy atom. The molecular formula is C27H28N4S. The molecule has 0 amide bonds. The number of thiazole rings is 1. The maximum Gasteiger partial charge on any atom is 0.215 e. The van der Waals surface area contributed by atoms with E-state index < -0.39 is 0 Å². The van der Waals surface area contributed by atoms with E-state index >= 15 is 0 Å². The second-order valence-electron chi connectivity index (χ2n) is 7.55. The van der Waals surface area contributed by atoms with Crippen LogP contribution < -0.4 is 9.70 Å². The topological polar surface area (TPSA) is 32.9 Å². The molecule has 0 bridgehead atoms. The van der Waals surface area contributed by atoms with E-state index in [9.17, 15) is 0 Å². The Kier molecular flexibility index (Phi) is 6.97. The molecule has 0 fully saturated rings. The Morgan fingerprint density at radius 2 is 1.56 bits per heavy atom. The van der Waals surface area contributed by atoms with Crippen molar-refractivity contribution in [2.75, 3.05) is 18.0 Å². The van der Waals surface area contributed by atoms with Crippen molar-refractivity contribution in [1.82, 2.24) is 4.57 Å². The molecule has 4 rings (SSSR count). The van der Waals surface area contributed by atoms with Gasteiger partial charge in [-0.15, -0.1) is 16.4 Å². The summed E-state index contributed by atoms with van der Waals surface area (Å²) in [7, 11) is 0. The van der Waals surface area contributed by atoms with E-state index in [4.69, 9.17) is 0 Å². The van der Waals surface area contributed by atoms with Crippen LogP contribution in [0, 0.1) is 6.92 Å². The van der Waals surface area contributed by atoms with Crippen LogP contribution in [0.15, 0.2) is 94.4 Å². The number of hydrogen-bond donors (Lipinski definition) is 0. The molecule has 0 saturated heterocycles. The number of aryl methyl sites for hydroxylation is 1. The third-order valence-corrected chi connectivity index (χ3v) is 6.26. The number of anilines is 1. The Morgan fingerprint density at radius 3 is 2.22 bits per heavy atom. The highest BCUT2D eigenvalue weighted by Gasteiger charge is 2.10. The van der Waals surface area contributed by atoms with Gasteiger partial charge in [0, 0.05) is 29.8 Å². The number of benzene rings is 3. The summed E-state index contributed by atoms with van der Waals surface area (Å²) in [5, 5.41) is 11.1. The lowest BCUT2D eigenvalue weighted by molar-refractivity contribution is 0.866. The van der Waals surface area contributed by atoms with Gasteiger partial charge in [0.05, 0.1) is 11.9 Å². The van der Waals surface area contributed by atoms with Crippen molar-refractivity contribution in [3.63, 3.8) is 0 Å². The molecule has 0 aliphatic rings. The highest BCUT2D eigenvalue weighted by Crippen LogP contribution is 2.23. The normalized spacial score (nSPS) is 11.9. The van der Waals surface area contributed by atoms with Crippen LogP contribution in [0.2, 0.25) is 0 Å². The zero-order chi connectivity index (χ0) is 22.3. The maximum absolute atomic E-state index is 4.58. The smallest absolute Gasteiger partial charge is 0.215 e. The van der Waals surface area contributed by atoms with Gasteiger partial charge in [-0.25, -0.2) is 0 Å². The summed E-state index contributed by atoms with van der Waals surface area (Å²) >= 11 is 1.59. The molecule has 1 aromatic heterocycles. The van der Waals surface area contributed by atoms with E-state index in [2.05, 4.69) is 119 Å². The zero-order valence-electron chi connectivity index (χ0n) is 18.8. The fourth-order valence-corrected chi connectivity index (χ4v) is 4.50. The lowest BCUT2D eigenvalue weighted by Gasteiger charge is -2.20. The largest absolute Gasteiger partial charge is 0.372 e. The highest BCUT2D eigenvalue weighted by molar-refractivity contribution is 7.07. The first kappa shape index (κ1) is 21.8. The Balaban J connectivity index is 1.69. The van der Waals surface area contributed by atoms with Crippen LogP contribution in [-0.4, -0.2) is 23.9 Å². The van der Waals surface area contributed by atoms with Crippen LogP contribution in [0.25, 0.3) is 16.9 Å². The molecule has 0 radical (unpaired) electrons. The van der Waals surface area contributed by atoms with Gasteiger partial charge in [0.2, 0.25) is 4.80 Å². The van der Waals surface area contributed by atoms with Crippen molar-refractivity contribution >= 4 is 23.2 Å². The molecule has 0 N–H and O–H groups in total. The lowest BCUT2D eigenvalue weighted by Crippen LogP contribution is -2.21. The van der Waals surface area contributed by atoms with E-state index in [1.807, 2.05) is 12.3 Å². The van der Waals surface area contributed by atoms with Crippen molar-refractivity contribution in [2.24, 2.45) is 10.2 Å². The molecule has 0 atom stereocenters. The minimum atomic E-state index is 0.837. The van der Waals surface area contributed by atoms with Crippen molar-refractivity contribution in [3.8, 4) is 16.9 Å². The second-order valence-corrected chi connectivity index (χ2v) is 8.39. The Labute approximate surface area is 193 Å². The first-order chi connectivity index (χ1) is 15.7. The average Bonchev–Trinajstić information content (AvgIpc) is 3.26. The number of aromatic nitrogens is 1. The molecule has 5 heteroatoms. The summed E-state index contributed by atoms with van der Waals surface area (Å²) in [6.45, 7) is 8.44. The molecule has 1 heterocycles. The average molecular weight is 441 g/mol. The van der Waals surface area contributed by atoms with E-state index in [1.165, 1.54) is 11.3 Å². The molecule has 0 saturated carbocycles. The maximum atomic E-state index is 4.58. The summed E-state index contributed by atoms with van der Waals surface area (Å²) in [4.78, 5) is 3.16. The molecule has 4 nitrogen and oxygen atoms in total. The fourth-order valence-electron chi connectivity index (χ4n) is 3.64. The van der Waals surface area contributed by atoms with Crippen molar-refractivity contribution in [3.05, 3.63) is 100 Å². The Bertz CT molecular complexity index is 1230. The summed E-state index contributed by atoms with van der Waals surface area (Å²) in [6, 6.07) is 27.4. The van der Waals surface area contributed by atoms with E-state index in [1.54, 1.807) is 11.3 Å². The van der Waals surface area contributed by atoms with Gasteiger partial charge in [0.1, 0.15) is 0 Å². The first-order valence-electron chi connectivity index (χ1n) is 10.9. The predicted molar refractivity (Wildman–Crippen MR) is 137 cm³/mol. The number of rotatable bonds is 7. The fraction of sp³-hybridized carbons (Fsp3) is 0.185. The zero-order valence-corrected chi connectivity index (χ0v) is 19.6. The van der Waals surface area contributed by atoms with Crippen molar-refractivity contribution in [1.29, 1.82) is 0 Å². The summed E-state index contributed by atoms with van der Waals surface area (Å²) in [6.07, 6.45) is 1.81. The SMILES string of the molecule is CCN(CC)c1ccc(/C=N/N=c2\scc(-c3ccccc3)n2-c2ccc(C)cc2)cc1. The van der Waals surface area contributed by atoms with Gasteiger partial charge < -0.3 is 4.90 Å². The van der Waals surface area contributed by atoms with Crippen molar-refractivity contribution < 1.29 is 0 Å². The van der Waals surface area contributed by atoms with Crippen LogP contribution >= 0.6 is 11.3 Å². The van der Waals surface area contributed by atoms with Gasteiger partial charge in [0.15, 0.2) is 0 Å². The second kappa shape index (κ2) is 10.2. The van der Waals surface area contributed by atoms with Crippen LogP contribution in [0.3, 0.4) is 0 Å². The van der Waals surface area contributed by atoms with E-state index in [0.717, 1.165) is 40.4 Å². The number of nitrogens with zero attached hydrogens (tertiary/aromatic N) is 4. The quantitative estimate of drug-likeness (QED) is 0.245. The summed E-state index contributed by atoms with van der Waals surface area (Å²) in [5.74, 6) is 0. The van der Waals surface area contributed by atoms with Crippen LogP contribution in [0.4, 0.5) is 5.69 Å². The molecular weight excluding hydrogens is 412 g/mol. The number of hydrogen-bond acceptors (Lipinski definition) is 4. The molecule has 162 valence electrons. The van der Waals surface area contributed by atoms with Crippen LogP contribution in [-0.2, 0) is 0 Å². The minimum Gasteiger partial charge on any atom is -0.372 e. The third-order valence-electron chi connectivity index (χ3n) is 5.44. The van der Waals surface area contributed by atoms with Crippen LogP contribution in [0.5, 0.6) is 0 Å².